The van der Waals surface area contributed by atoms with Crippen molar-refractivity contribution in [3.8, 4) is 0 Å². The van der Waals surface area contributed by atoms with Gasteiger partial charge in [0.1, 0.15) is 12.1 Å². The molecular weight excluding hydrogens is 299 g/mol. The van der Waals surface area contributed by atoms with E-state index >= 15 is 0 Å². The van der Waals surface area contributed by atoms with Crippen molar-refractivity contribution >= 4 is 11.6 Å². The van der Waals surface area contributed by atoms with Crippen molar-refractivity contribution in [2.24, 2.45) is 5.41 Å². The van der Waals surface area contributed by atoms with Gasteiger partial charge in [0.15, 0.2) is 5.69 Å². The zero-order valence-electron chi connectivity index (χ0n) is 12.5. The van der Waals surface area contributed by atoms with Crippen LogP contribution in [0.5, 0.6) is 0 Å². The molecule has 0 aliphatic carbocycles. The molecule has 2 heterocycles. The third-order valence-corrected chi connectivity index (χ3v) is 2.97. The predicted octanol–water partition coefficient (Wildman–Crippen LogP) is 2.35. The van der Waals surface area contributed by atoms with Crippen molar-refractivity contribution in [3.63, 3.8) is 0 Å². The van der Waals surface area contributed by atoms with Gasteiger partial charge in [0.25, 0.3) is 5.78 Å². The van der Waals surface area contributed by atoms with Crippen molar-refractivity contribution in [1.29, 1.82) is 0 Å². The van der Waals surface area contributed by atoms with E-state index in [1.54, 1.807) is 0 Å². The van der Waals surface area contributed by atoms with Gasteiger partial charge in [-0.05, 0) is 11.8 Å². The van der Waals surface area contributed by atoms with Gasteiger partial charge >= 0.3 is 6.18 Å². The molecule has 9 heteroatoms. The largest absolute Gasteiger partial charge is 0.433 e. The first-order valence-electron chi connectivity index (χ1n) is 6.75. The molecule has 0 saturated heterocycles. The molecule has 122 valence electrons. The van der Waals surface area contributed by atoms with Gasteiger partial charge in [-0.15, -0.1) is 0 Å². The third-order valence-electron chi connectivity index (χ3n) is 2.97. The van der Waals surface area contributed by atoms with Crippen LogP contribution in [0.25, 0.3) is 5.78 Å². The van der Waals surface area contributed by atoms with Gasteiger partial charge in [0.05, 0.1) is 12.6 Å². The number of aliphatic hydroxyl groups excluding tert-OH is 1. The van der Waals surface area contributed by atoms with Gasteiger partial charge < -0.3 is 10.4 Å². The molecule has 1 atom stereocenters. The van der Waals surface area contributed by atoms with Gasteiger partial charge in [-0.2, -0.15) is 27.8 Å². The van der Waals surface area contributed by atoms with Crippen molar-refractivity contribution < 1.29 is 18.3 Å². The minimum atomic E-state index is -4.58. The molecule has 6 nitrogen and oxygen atoms in total. The summed E-state index contributed by atoms with van der Waals surface area (Å²) in [5, 5.41) is 16.2. The second-order valence-corrected chi connectivity index (χ2v) is 6.28. The highest BCUT2D eigenvalue weighted by Gasteiger charge is 2.34. The lowest BCUT2D eigenvalue weighted by Crippen LogP contribution is -2.30. The van der Waals surface area contributed by atoms with E-state index in [-0.39, 0.29) is 23.6 Å². The lowest BCUT2D eigenvalue weighted by molar-refractivity contribution is -0.141. The molecule has 0 bridgehead atoms. The highest BCUT2D eigenvalue weighted by atomic mass is 19.4. The molecular formula is C13H18F3N5O. The molecule has 0 fully saturated rings. The third kappa shape index (κ3) is 3.85. The van der Waals surface area contributed by atoms with Crippen LogP contribution in [0.4, 0.5) is 19.0 Å². The maximum Gasteiger partial charge on any atom is 0.433 e. The number of nitrogens with zero attached hydrogens (tertiary/aromatic N) is 4. The van der Waals surface area contributed by atoms with E-state index in [0.29, 0.717) is 6.42 Å². The van der Waals surface area contributed by atoms with Gasteiger partial charge in [-0.3, -0.25) is 0 Å². The Morgan fingerprint density at radius 2 is 2.00 bits per heavy atom. The Kier molecular flexibility index (Phi) is 4.28. The first-order valence-corrected chi connectivity index (χ1v) is 6.75. The van der Waals surface area contributed by atoms with Crippen molar-refractivity contribution in [2.75, 3.05) is 11.9 Å². The second-order valence-electron chi connectivity index (χ2n) is 6.28. The number of fused-ring (bicyclic) bond motifs is 1. The van der Waals surface area contributed by atoms with E-state index in [1.807, 2.05) is 20.8 Å². The number of alkyl halides is 3. The Morgan fingerprint density at radius 1 is 1.32 bits per heavy atom. The molecule has 22 heavy (non-hydrogen) atoms. The molecule has 2 aromatic rings. The zero-order valence-corrected chi connectivity index (χ0v) is 12.5. The first kappa shape index (κ1) is 16.5. The Morgan fingerprint density at radius 3 is 2.55 bits per heavy atom. The summed E-state index contributed by atoms with van der Waals surface area (Å²) in [5.41, 5.74) is -1.15. The first-order chi connectivity index (χ1) is 10.1. The van der Waals surface area contributed by atoms with Gasteiger partial charge in [-0.1, -0.05) is 20.8 Å². The summed E-state index contributed by atoms with van der Waals surface area (Å²) in [4.78, 5) is 7.14. The highest BCUT2D eigenvalue weighted by molar-refractivity contribution is 5.46. The molecule has 2 aromatic heterocycles. The highest BCUT2D eigenvalue weighted by Crippen LogP contribution is 2.30. The van der Waals surface area contributed by atoms with Gasteiger partial charge in [0, 0.05) is 6.07 Å². The normalized spacial score (nSPS) is 14.3. The lowest BCUT2D eigenvalue weighted by atomic mass is 9.88. The quantitative estimate of drug-likeness (QED) is 0.905. The van der Waals surface area contributed by atoms with Crippen molar-refractivity contribution in [3.05, 3.63) is 18.1 Å². The molecule has 2 rings (SSSR count). The molecule has 0 radical (unpaired) electrons. The number of anilines is 1. The summed E-state index contributed by atoms with van der Waals surface area (Å²) in [5.74, 6) is -0.0529. The van der Waals surface area contributed by atoms with Crippen molar-refractivity contribution in [2.45, 2.75) is 39.4 Å². The summed E-state index contributed by atoms with van der Waals surface area (Å²) in [6, 6.07) is 0.461. The molecule has 0 spiro atoms. The summed E-state index contributed by atoms with van der Waals surface area (Å²) in [6.45, 7) is 5.74. The number of aliphatic hydroxyl groups is 1. The maximum absolute atomic E-state index is 12.9. The molecule has 0 saturated carbocycles. The molecule has 2 N–H and O–H groups in total. The van der Waals surface area contributed by atoms with Crippen LogP contribution in [-0.2, 0) is 6.18 Å². The van der Waals surface area contributed by atoms with Crippen LogP contribution < -0.4 is 5.32 Å². The molecule has 0 aliphatic rings. The fourth-order valence-corrected chi connectivity index (χ4v) is 2.17. The summed E-state index contributed by atoms with van der Waals surface area (Å²) >= 11 is 0. The van der Waals surface area contributed by atoms with E-state index in [2.05, 4.69) is 20.4 Å². The topological polar surface area (TPSA) is 75.3 Å². The number of hydrogen-bond donors (Lipinski definition) is 2. The van der Waals surface area contributed by atoms with Crippen LogP contribution in [0, 0.1) is 5.41 Å². The summed E-state index contributed by atoms with van der Waals surface area (Å²) in [7, 11) is 0. The number of aromatic nitrogens is 4. The van der Waals surface area contributed by atoms with Gasteiger partial charge in [-0.25, -0.2) is 4.98 Å². The minimum absolute atomic E-state index is 0.0955. The van der Waals surface area contributed by atoms with Crippen LogP contribution >= 0.6 is 0 Å². The number of nitrogens with one attached hydrogen (secondary N) is 1. The number of hydrogen-bond acceptors (Lipinski definition) is 5. The Bertz CT molecular complexity index is 647. The van der Waals surface area contributed by atoms with E-state index in [1.165, 1.54) is 4.52 Å². The average Bonchev–Trinajstić information content (AvgIpc) is 2.83. The van der Waals surface area contributed by atoms with Crippen LogP contribution in [0.2, 0.25) is 0 Å². The second kappa shape index (κ2) is 5.71. The fraction of sp³-hybridized carbons (Fsp3) is 0.615. The monoisotopic (exact) mass is 317 g/mol. The van der Waals surface area contributed by atoms with Crippen molar-refractivity contribution in [1.82, 2.24) is 19.6 Å². The SMILES string of the molecule is CC(C)(C)CC(CO)Nc1cc(C(F)(F)F)nc2ncnn12. The standard InChI is InChI=1S/C13H18F3N5O/c1-12(2,3)5-8(6-22)19-10-4-9(13(14,15)16)20-11-17-7-18-21(10)11/h4,7-8,19,22H,5-6H2,1-3H3. The number of rotatable bonds is 4. The van der Waals surface area contributed by atoms with Crippen LogP contribution in [-0.4, -0.2) is 37.3 Å². The summed E-state index contributed by atoms with van der Waals surface area (Å²) in [6.07, 6.45) is -2.88. The molecule has 0 aromatic carbocycles. The molecule has 0 aliphatic heterocycles. The smallest absolute Gasteiger partial charge is 0.394 e. The average molecular weight is 317 g/mol. The van der Waals surface area contributed by atoms with Crippen LogP contribution in [0.15, 0.2) is 12.4 Å². The predicted molar refractivity (Wildman–Crippen MR) is 74.4 cm³/mol. The zero-order chi connectivity index (χ0) is 16.5. The van der Waals surface area contributed by atoms with E-state index in [4.69, 9.17) is 0 Å². The molecule has 0 amide bonds. The molecule has 1 unspecified atom stereocenters. The Labute approximate surface area is 125 Å². The Balaban J connectivity index is 2.38. The van der Waals surface area contributed by atoms with E-state index in [0.717, 1.165) is 12.4 Å². The van der Waals surface area contributed by atoms with E-state index in [9.17, 15) is 18.3 Å². The fourth-order valence-electron chi connectivity index (χ4n) is 2.17. The minimum Gasteiger partial charge on any atom is -0.394 e. The van der Waals surface area contributed by atoms with E-state index < -0.39 is 17.9 Å². The Hall–Kier alpha value is -1.90. The number of halogens is 3. The maximum atomic E-state index is 12.9. The van der Waals surface area contributed by atoms with Crippen LogP contribution in [0.1, 0.15) is 32.9 Å². The summed E-state index contributed by atoms with van der Waals surface area (Å²) < 4.78 is 39.9. The van der Waals surface area contributed by atoms with Crippen LogP contribution in [0.3, 0.4) is 0 Å². The van der Waals surface area contributed by atoms with Gasteiger partial charge in [0.2, 0.25) is 0 Å². The lowest BCUT2D eigenvalue weighted by Gasteiger charge is -2.26.